The summed E-state index contributed by atoms with van der Waals surface area (Å²) in [6, 6.07) is 9.70. The predicted octanol–water partition coefficient (Wildman–Crippen LogP) is 2.92. The molecule has 1 aliphatic carbocycles. The van der Waals surface area contributed by atoms with Crippen LogP contribution < -0.4 is 10.2 Å². The first-order valence-corrected chi connectivity index (χ1v) is 8.34. The van der Waals surface area contributed by atoms with Gasteiger partial charge in [-0.05, 0) is 55.2 Å². The second-order valence-corrected chi connectivity index (χ2v) is 6.70. The number of carbonyl (C=O) groups is 1. The van der Waals surface area contributed by atoms with E-state index in [2.05, 4.69) is 5.32 Å². The lowest BCUT2D eigenvalue weighted by Gasteiger charge is -2.18. The molecule has 0 aliphatic heterocycles. The Balaban J connectivity index is 1.66. The van der Waals surface area contributed by atoms with Crippen molar-refractivity contribution < 1.29 is 9.90 Å². The number of thiophene rings is 1. The Morgan fingerprint density at radius 2 is 2.09 bits per heavy atom. The average molecular weight is 316 g/mol. The summed E-state index contributed by atoms with van der Waals surface area (Å²) in [6.07, 6.45) is 3.43. The number of aliphatic hydroxyl groups is 1. The summed E-state index contributed by atoms with van der Waals surface area (Å²) in [5.74, 6) is -0.0316. The molecule has 0 saturated carbocycles. The largest absolute Gasteiger partial charge is 0.395 e. The van der Waals surface area contributed by atoms with Gasteiger partial charge in [-0.1, -0.05) is 0 Å². The fourth-order valence-electron chi connectivity index (χ4n) is 2.71. The molecular weight excluding hydrogens is 296 g/mol. The van der Waals surface area contributed by atoms with Crippen LogP contribution in [-0.4, -0.2) is 31.2 Å². The molecular formula is C17H20N2O2S. The Kier molecular flexibility index (Phi) is 4.45. The zero-order valence-corrected chi connectivity index (χ0v) is 13.4. The normalized spacial score (nSPS) is 13.0. The maximum absolute atomic E-state index is 12.3. The molecule has 2 aromatic rings. The molecule has 4 nitrogen and oxygen atoms in total. The van der Waals surface area contributed by atoms with Gasteiger partial charge < -0.3 is 15.3 Å². The molecule has 116 valence electrons. The number of carbonyl (C=O) groups excluding carboxylic acids is 1. The molecule has 0 saturated heterocycles. The first-order chi connectivity index (χ1) is 10.7. The van der Waals surface area contributed by atoms with Crippen LogP contribution in [0, 0.1) is 0 Å². The van der Waals surface area contributed by atoms with Gasteiger partial charge in [0.05, 0.1) is 11.5 Å². The van der Waals surface area contributed by atoms with Crippen LogP contribution in [0.15, 0.2) is 30.3 Å². The monoisotopic (exact) mass is 316 g/mol. The van der Waals surface area contributed by atoms with Gasteiger partial charge in [0.2, 0.25) is 0 Å². The number of nitrogens with zero attached hydrogens (tertiary/aromatic N) is 1. The number of amides is 1. The SMILES string of the molecule is CN(CCO)c1ccc(NC(=O)c2cc3c(s2)CCC3)cc1. The number of likely N-dealkylation sites (N-methyl/N-ethyl adjacent to an activating group) is 1. The second kappa shape index (κ2) is 6.50. The molecule has 1 heterocycles. The van der Waals surface area contributed by atoms with Gasteiger partial charge >= 0.3 is 0 Å². The molecule has 1 aromatic carbocycles. The number of rotatable bonds is 5. The zero-order valence-electron chi connectivity index (χ0n) is 12.6. The van der Waals surface area contributed by atoms with E-state index in [-0.39, 0.29) is 12.5 Å². The summed E-state index contributed by atoms with van der Waals surface area (Å²) >= 11 is 1.62. The number of aliphatic hydroxyl groups excluding tert-OH is 1. The first-order valence-electron chi connectivity index (χ1n) is 7.52. The van der Waals surface area contributed by atoms with Crippen LogP contribution in [0.3, 0.4) is 0 Å². The van der Waals surface area contributed by atoms with E-state index in [4.69, 9.17) is 5.11 Å². The Bertz CT molecular complexity index is 642. The second-order valence-electron chi connectivity index (χ2n) is 5.56. The van der Waals surface area contributed by atoms with E-state index < -0.39 is 0 Å². The van der Waals surface area contributed by atoms with Crippen molar-refractivity contribution in [2.24, 2.45) is 0 Å². The standard InChI is InChI=1S/C17H20N2O2S/c1-19(9-10-20)14-7-5-13(6-8-14)18-17(21)16-11-12-3-2-4-15(12)22-16/h5-8,11,20H,2-4,9-10H2,1H3,(H,18,21). The molecule has 0 atom stereocenters. The zero-order chi connectivity index (χ0) is 15.5. The Labute approximate surface area is 134 Å². The number of benzene rings is 1. The minimum absolute atomic E-state index is 0.0316. The number of hydrogen-bond donors (Lipinski definition) is 2. The maximum atomic E-state index is 12.3. The maximum Gasteiger partial charge on any atom is 0.265 e. The highest BCUT2D eigenvalue weighted by Gasteiger charge is 2.18. The van der Waals surface area contributed by atoms with Gasteiger partial charge in [-0.25, -0.2) is 0 Å². The third-order valence-corrected chi connectivity index (χ3v) is 5.21. The highest BCUT2D eigenvalue weighted by Crippen LogP contribution is 2.31. The summed E-state index contributed by atoms with van der Waals surface area (Å²) in [6.45, 7) is 0.713. The number of hydrogen-bond acceptors (Lipinski definition) is 4. The lowest BCUT2D eigenvalue weighted by molar-refractivity contribution is 0.103. The molecule has 1 aromatic heterocycles. The van der Waals surface area contributed by atoms with Crippen LogP contribution in [0.1, 0.15) is 26.5 Å². The van der Waals surface area contributed by atoms with Crippen molar-refractivity contribution in [3.05, 3.63) is 45.6 Å². The number of fused-ring (bicyclic) bond motifs is 1. The molecule has 0 fully saturated rings. The van der Waals surface area contributed by atoms with E-state index in [0.717, 1.165) is 29.1 Å². The minimum atomic E-state index is -0.0316. The molecule has 0 spiro atoms. The fourth-order valence-corrected chi connectivity index (χ4v) is 3.86. The van der Waals surface area contributed by atoms with Crippen LogP contribution in [0.4, 0.5) is 11.4 Å². The van der Waals surface area contributed by atoms with E-state index in [1.165, 1.54) is 16.9 Å². The summed E-state index contributed by atoms with van der Waals surface area (Å²) < 4.78 is 0. The fraction of sp³-hybridized carbons (Fsp3) is 0.353. The van der Waals surface area contributed by atoms with Gasteiger partial charge in [0.15, 0.2) is 0 Å². The molecule has 0 radical (unpaired) electrons. The molecule has 0 unspecified atom stereocenters. The molecule has 5 heteroatoms. The van der Waals surface area contributed by atoms with Gasteiger partial charge in [0, 0.05) is 29.8 Å². The van der Waals surface area contributed by atoms with Gasteiger partial charge in [-0.15, -0.1) is 11.3 Å². The van der Waals surface area contributed by atoms with Crippen LogP contribution in [-0.2, 0) is 12.8 Å². The van der Waals surface area contributed by atoms with E-state index in [1.807, 2.05) is 42.3 Å². The lowest BCUT2D eigenvalue weighted by atomic mass is 10.2. The molecule has 1 amide bonds. The summed E-state index contributed by atoms with van der Waals surface area (Å²) in [5, 5.41) is 11.9. The molecule has 0 bridgehead atoms. The van der Waals surface area contributed by atoms with Gasteiger partial charge in [-0.2, -0.15) is 0 Å². The predicted molar refractivity (Wildman–Crippen MR) is 91.1 cm³/mol. The average Bonchev–Trinajstić information content (AvgIpc) is 3.09. The van der Waals surface area contributed by atoms with Crippen molar-refractivity contribution in [2.75, 3.05) is 30.4 Å². The van der Waals surface area contributed by atoms with Crippen molar-refractivity contribution in [1.82, 2.24) is 0 Å². The highest BCUT2D eigenvalue weighted by molar-refractivity contribution is 7.14. The number of nitrogens with one attached hydrogen (secondary N) is 1. The Morgan fingerprint density at radius 3 is 2.77 bits per heavy atom. The highest BCUT2D eigenvalue weighted by atomic mass is 32.1. The van der Waals surface area contributed by atoms with Crippen molar-refractivity contribution in [2.45, 2.75) is 19.3 Å². The molecule has 1 aliphatic rings. The lowest BCUT2D eigenvalue weighted by Crippen LogP contribution is -2.21. The number of anilines is 2. The minimum Gasteiger partial charge on any atom is -0.395 e. The third-order valence-electron chi connectivity index (χ3n) is 3.97. The van der Waals surface area contributed by atoms with Crippen molar-refractivity contribution in [3.8, 4) is 0 Å². The first kappa shape index (κ1) is 15.1. The van der Waals surface area contributed by atoms with E-state index >= 15 is 0 Å². The topological polar surface area (TPSA) is 52.6 Å². The van der Waals surface area contributed by atoms with Crippen molar-refractivity contribution >= 4 is 28.6 Å². The molecule has 2 N–H and O–H groups in total. The van der Waals surface area contributed by atoms with E-state index in [1.54, 1.807) is 11.3 Å². The summed E-state index contributed by atoms with van der Waals surface area (Å²) in [5.41, 5.74) is 3.15. The van der Waals surface area contributed by atoms with Crippen molar-refractivity contribution in [3.63, 3.8) is 0 Å². The van der Waals surface area contributed by atoms with Crippen LogP contribution in [0.25, 0.3) is 0 Å². The summed E-state index contributed by atoms with van der Waals surface area (Å²) in [7, 11) is 1.93. The Hall–Kier alpha value is -1.85. The van der Waals surface area contributed by atoms with Gasteiger partial charge in [0.1, 0.15) is 0 Å². The smallest absolute Gasteiger partial charge is 0.265 e. The summed E-state index contributed by atoms with van der Waals surface area (Å²) in [4.78, 5) is 16.4. The van der Waals surface area contributed by atoms with Crippen LogP contribution in [0.5, 0.6) is 0 Å². The van der Waals surface area contributed by atoms with Gasteiger partial charge in [0.25, 0.3) is 5.91 Å². The van der Waals surface area contributed by atoms with Gasteiger partial charge in [-0.3, -0.25) is 4.79 Å². The Morgan fingerprint density at radius 1 is 1.32 bits per heavy atom. The van der Waals surface area contributed by atoms with Crippen LogP contribution in [0.2, 0.25) is 0 Å². The van der Waals surface area contributed by atoms with E-state index in [0.29, 0.717) is 6.54 Å². The van der Waals surface area contributed by atoms with E-state index in [9.17, 15) is 4.79 Å². The molecule has 22 heavy (non-hydrogen) atoms. The van der Waals surface area contributed by atoms with Crippen LogP contribution >= 0.6 is 11.3 Å². The molecule has 3 rings (SSSR count). The number of aryl methyl sites for hydroxylation is 2. The van der Waals surface area contributed by atoms with Crippen molar-refractivity contribution in [1.29, 1.82) is 0 Å². The third kappa shape index (κ3) is 3.15. The quantitative estimate of drug-likeness (QED) is 0.892.